The van der Waals surface area contributed by atoms with Crippen LogP contribution in [-0.2, 0) is 0 Å². The Labute approximate surface area is 154 Å². The second-order valence-electron chi connectivity index (χ2n) is 6.10. The number of rotatable bonds is 3. The van der Waals surface area contributed by atoms with E-state index in [-0.39, 0.29) is 12.4 Å². The first-order chi connectivity index (χ1) is 13.2. The highest BCUT2D eigenvalue weighted by Gasteiger charge is 2.16. The van der Waals surface area contributed by atoms with Crippen molar-refractivity contribution in [2.24, 2.45) is 0 Å². The van der Waals surface area contributed by atoms with E-state index in [1.807, 2.05) is 54.9 Å². The van der Waals surface area contributed by atoms with Gasteiger partial charge in [-0.25, -0.2) is 4.98 Å². The summed E-state index contributed by atoms with van der Waals surface area (Å²) in [5.41, 5.74) is 2.45. The van der Waals surface area contributed by atoms with Crippen molar-refractivity contribution in [3.8, 4) is 34.2 Å². The van der Waals surface area contributed by atoms with Gasteiger partial charge in [0, 0.05) is 29.8 Å². The summed E-state index contributed by atoms with van der Waals surface area (Å²) in [5, 5.41) is 0. The summed E-state index contributed by atoms with van der Waals surface area (Å²) in [5.74, 6) is 2.13. The van der Waals surface area contributed by atoms with Crippen molar-refractivity contribution in [3.63, 3.8) is 0 Å². The monoisotopic (exact) mass is 361 g/mol. The van der Waals surface area contributed by atoms with Crippen LogP contribution in [0.3, 0.4) is 0 Å². The molecule has 0 aliphatic carbocycles. The van der Waals surface area contributed by atoms with Gasteiger partial charge in [0.25, 0.3) is 5.56 Å². The van der Waals surface area contributed by atoms with E-state index < -0.39 is 0 Å². The van der Waals surface area contributed by atoms with Gasteiger partial charge in [0.05, 0.1) is 12.8 Å². The molecule has 7 heteroatoms. The molecule has 0 amide bonds. The van der Waals surface area contributed by atoms with Crippen molar-refractivity contribution >= 4 is 5.65 Å². The molecule has 0 saturated heterocycles. The zero-order valence-electron chi connectivity index (χ0n) is 14.5. The summed E-state index contributed by atoms with van der Waals surface area (Å²) in [7, 11) is 1.61. The van der Waals surface area contributed by atoms with Crippen molar-refractivity contribution in [2.45, 2.75) is 0 Å². The summed E-state index contributed by atoms with van der Waals surface area (Å²) in [6.07, 6.45) is 5.36. The molecular formula is C20H15N3O4. The minimum absolute atomic E-state index is 0.199. The van der Waals surface area contributed by atoms with E-state index in [2.05, 4.69) is 4.98 Å². The molecule has 1 aliphatic rings. The van der Waals surface area contributed by atoms with Crippen LogP contribution in [0.2, 0.25) is 0 Å². The first-order valence-electron chi connectivity index (χ1n) is 8.38. The van der Waals surface area contributed by atoms with Crippen LogP contribution in [0.25, 0.3) is 22.6 Å². The van der Waals surface area contributed by atoms with Gasteiger partial charge in [-0.1, -0.05) is 0 Å². The number of nitrogens with zero attached hydrogens (tertiary/aromatic N) is 3. The molecule has 0 saturated carbocycles. The lowest BCUT2D eigenvalue weighted by molar-refractivity contribution is 0.174. The normalized spacial score (nSPS) is 12.5. The van der Waals surface area contributed by atoms with Crippen LogP contribution in [0.1, 0.15) is 0 Å². The molecule has 4 aromatic rings. The average molecular weight is 361 g/mol. The molecule has 0 radical (unpaired) electrons. The molecule has 5 rings (SSSR count). The topological polar surface area (TPSA) is 67.0 Å². The quantitative estimate of drug-likeness (QED) is 0.561. The van der Waals surface area contributed by atoms with E-state index in [0.29, 0.717) is 22.8 Å². The Balaban J connectivity index is 1.60. The lowest BCUT2D eigenvalue weighted by Gasteiger charge is -2.06. The summed E-state index contributed by atoms with van der Waals surface area (Å²) < 4.78 is 19.2. The molecule has 3 heterocycles. The Kier molecular flexibility index (Phi) is 3.39. The lowest BCUT2D eigenvalue weighted by atomic mass is 10.1. The van der Waals surface area contributed by atoms with E-state index in [1.165, 1.54) is 0 Å². The molecule has 0 N–H and O–H groups in total. The molecule has 2 aromatic heterocycles. The fraction of sp³-hybridized carbons (Fsp3) is 0.100. The standard InChI is InChI=1S/C20H15N3O4/c1-25-15-5-3-14(4-6-15)23-9-8-22-11-16(21-19(22)20(23)24)13-2-7-17-18(10-13)27-12-26-17/h2-11H,12H2,1H3. The van der Waals surface area contributed by atoms with E-state index in [9.17, 15) is 4.79 Å². The highest BCUT2D eigenvalue weighted by molar-refractivity contribution is 5.66. The SMILES string of the molecule is COc1ccc(-n2ccn3cc(-c4ccc5c(c4)OCO5)nc3c2=O)cc1. The molecular weight excluding hydrogens is 346 g/mol. The second kappa shape index (κ2) is 5.91. The molecule has 0 unspecified atom stereocenters. The van der Waals surface area contributed by atoms with Gasteiger partial charge < -0.3 is 18.6 Å². The highest BCUT2D eigenvalue weighted by Crippen LogP contribution is 2.35. The first-order valence-corrected chi connectivity index (χ1v) is 8.38. The minimum atomic E-state index is -0.199. The summed E-state index contributed by atoms with van der Waals surface area (Å²) in [6, 6.07) is 12.9. The number of methoxy groups -OCH3 is 1. The predicted octanol–water partition coefficient (Wildman–Crippen LogP) is 2.89. The molecule has 2 aromatic carbocycles. The number of benzene rings is 2. The summed E-state index contributed by atoms with van der Waals surface area (Å²) >= 11 is 0. The maximum absolute atomic E-state index is 12.9. The number of aromatic nitrogens is 3. The molecule has 27 heavy (non-hydrogen) atoms. The molecule has 0 fully saturated rings. The van der Waals surface area contributed by atoms with Crippen molar-refractivity contribution < 1.29 is 14.2 Å². The molecule has 0 atom stereocenters. The zero-order chi connectivity index (χ0) is 18.4. The predicted molar refractivity (Wildman–Crippen MR) is 98.9 cm³/mol. The number of fused-ring (bicyclic) bond motifs is 2. The maximum Gasteiger partial charge on any atom is 0.298 e. The van der Waals surface area contributed by atoms with Crippen LogP contribution in [0.4, 0.5) is 0 Å². The first kappa shape index (κ1) is 15.5. The number of hydrogen-bond donors (Lipinski definition) is 0. The van der Waals surface area contributed by atoms with Gasteiger partial charge in [-0.05, 0) is 42.5 Å². The van der Waals surface area contributed by atoms with Crippen molar-refractivity contribution in [3.05, 3.63) is 71.4 Å². The van der Waals surface area contributed by atoms with Crippen LogP contribution in [0.5, 0.6) is 17.2 Å². The van der Waals surface area contributed by atoms with Crippen molar-refractivity contribution in [2.75, 3.05) is 13.9 Å². The Hall–Kier alpha value is -3.74. The van der Waals surface area contributed by atoms with Gasteiger partial charge in [0.1, 0.15) is 5.75 Å². The van der Waals surface area contributed by atoms with Crippen molar-refractivity contribution in [1.82, 2.24) is 14.0 Å². The van der Waals surface area contributed by atoms with E-state index in [1.54, 1.807) is 22.3 Å². The lowest BCUT2D eigenvalue weighted by Crippen LogP contribution is -2.19. The third-order valence-corrected chi connectivity index (χ3v) is 4.54. The van der Waals surface area contributed by atoms with Gasteiger partial charge in [-0.3, -0.25) is 9.36 Å². The number of ether oxygens (including phenoxy) is 3. The van der Waals surface area contributed by atoms with E-state index in [0.717, 1.165) is 17.0 Å². The van der Waals surface area contributed by atoms with Gasteiger partial charge in [-0.15, -0.1) is 0 Å². The molecule has 0 bridgehead atoms. The molecule has 1 aliphatic heterocycles. The van der Waals surface area contributed by atoms with Gasteiger partial charge in [0.15, 0.2) is 11.5 Å². The Morgan fingerprint density at radius 1 is 1.04 bits per heavy atom. The molecule has 0 spiro atoms. The molecule has 134 valence electrons. The third kappa shape index (κ3) is 2.52. The summed E-state index contributed by atoms with van der Waals surface area (Å²) in [6.45, 7) is 0.219. The van der Waals surface area contributed by atoms with Crippen LogP contribution in [-0.4, -0.2) is 27.9 Å². The number of hydrogen-bond acceptors (Lipinski definition) is 5. The van der Waals surface area contributed by atoms with Gasteiger partial charge in [-0.2, -0.15) is 0 Å². The Morgan fingerprint density at radius 2 is 1.85 bits per heavy atom. The Morgan fingerprint density at radius 3 is 2.67 bits per heavy atom. The molecule has 7 nitrogen and oxygen atoms in total. The Bertz CT molecular complexity index is 1210. The minimum Gasteiger partial charge on any atom is -0.497 e. The number of imidazole rings is 1. The van der Waals surface area contributed by atoms with E-state index >= 15 is 0 Å². The van der Waals surface area contributed by atoms with E-state index in [4.69, 9.17) is 14.2 Å². The van der Waals surface area contributed by atoms with Crippen molar-refractivity contribution in [1.29, 1.82) is 0 Å². The fourth-order valence-electron chi connectivity index (χ4n) is 3.12. The largest absolute Gasteiger partial charge is 0.497 e. The zero-order valence-corrected chi connectivity index (χ0v) is 14.5. The smallest absolute Gasteiger partial charge is 0.298 e. The van der Waals surface area contributed by atoms with Crippen LogP contribution in [0, 0.1) is 0 Å². The third-order valence-electron chi connectivity index (χ3n) is 4.54. The summed E-state index contributed by atoms with van der Waals surface area (Å²) in [4.78, 5) is 17.5. The average Bonchev–Trinajstić information content (AvgIpc) is 3.35. The maximum atomic E-state index is 12.9. The van der Waals surface area contributed by atoms with Gasteiger partial charge >= 0.3 is 0 Å². The van der Waals surface area contributed by atoms with Crippen LogP contribution < -0.4 is 19.8 Å². The van der Waals surface area contributed by atoms with Crippen LogP contribution >= 0.6 is 0 Å². The fourth-order valence-corrected chi connectivity index (χ4v) is 3.12. The van der Waals surface area contributed by atoms with Crippen LogP contribution in [0.15, 0.2) is 65.8 Å². The van der Waals surface area contributed by atoms with Gasteiger partial charge in [0.2, 0.25) is 12.4 Å². The highest BCUT2D eigenvalue weighted by atomic mass is 16.7. The second-order valence-corrected chi connectivity index (χ2v) is 6.10.